The summed E-state index contributed by atoms with van der Waals surface area (Å²) in [5.74, 6) is -2.65. The zero-order chi connectivity index (χ0) is 38.5. The van der Waals surface area contributed by atoms with Crippen LogP contribution in [0.2, 0.25) is 0 Å². The minimum Gasteiger partial charge on any atom is -0.480 e. The molecule has 0 aliphatic heterocycles. The quantitative estimate of drug-likeness (QED) is 0.0137. The second-order valence-corrected chi connectivity index (χ2v) is 14.9. The van der Waals surface area contributed by atoms with Crippen LogP contribution in [0.15, 0.2) is 36.5 Å². The zero-order valence-corrected chi connectivity index (χ0v) is 33.3. The second kappa shape index (κ2) is 35.7. The van der Waals surface area contributed by atoms with Gasteiger partial charge in [-0.3, -0.25) is 18.6 Å². The van der Waals surface area contributed by atoms with Crippen LogP contribution < -0.4 is 5.73 Å². The number of nitrogens with two attached hydrogens (primary N) is 1. The highest BCUT2D eigenvalue weighted by molar-refractivity contribution is 7.47. The summed E-state index contributed by atoms with van der Waals surface area (Å²) >= 11 is 0. The number of carbonyl (C=O) groups excluding carboxylic acids is 2. The molecule has 0 aromatic carbocycles. The topological polar surface area (TPSA) is 172 Å². The van der Waals surface area contributed by atoms with E-state index in [9.17, 15) is 23.8 Å². The van der Waals surface area contributed by atoms with E-state index in [2.05, 4.69) is 30.5 Å². The van der Waals surface area contributed by atoms with Gasteiger partial charge in [-0.1, -0.05) is 147 Å². The standard InChI is InChI=1S/C40H72NO10P/c1-3-5-7-9-11-13-15-17-18-20-21-23-25-27-29-31-38(42)48-33-36(34-49-52(46,47)50-35-37(41)40(44)45)51-39(43)32-30-28-26-24-22-19-16-14-12-10-8-6-4-2/h14,16,25,27,29,31,36-37H,3-13,15,17-24,26,28,30,32-35,41H2,1-2H3,(H,44,45)(H,46,47)/b16-14+,27-25+,31-29+/t36-,37+/m1/s1. The molecule has 0 fully saturated rings. The molecular weight excluding hydrogens is 685 g/mol. The van der Waals surface area contributed by atoms with Crippen LogP contribution in [0.3, 0.4) is 0 Å². The van der Waals surface area contributed by atoms with E-state index in [1.807, 2.05) is 6.08 Å². The molecule has 4 N–H and O–H groups in total. The first kappa shape index (κ1) is 49.7. The summed E-state index contributed by atoms with van der Waals surface area (Å²) in [6, 6.07) is -1.53. The molecule has 0 amide bonds. The Morgan fingerprint density at radius 2 is 1.10 bits per heavy atom. The lowest BCUT2D eigenvalue weighted by Crippen LogP contribution is -2.34. The molecule has 1 unspecified atom stereocenters. The molecule has 0 rings (SSSR count). The Kier molecular flexibility index (Phi) is 34.1. The molecule has 0 aliphatic carbocycles. The number of carboxylic acid groups (broad SMARTS) is 1. The summed E-state index contributed by atoms with van der Waals surface area (Å²) in [4.78, 5) is 45.6. The van der Waals surface area contributed by atoms with Crippen LogP contribution in [-0.4, -0.2) is 59.9 Å². The van der Waals surface area contributed by atoms with E-state index >= 15 is 0 Å². The van der Waals surface area contributed by atoms with Crippen molar-refractivity contribution in [2.75, 3.05) is 19.8 Å². The predicted octanol–water partition coefficient (Wildman–Crippen LogP) is 10.1. The van der Waals surface area contributed by atoms with Crippen LogP contribution in [0.5, 0.6) is 0 Å². The third kappa shape index (κ3) is 34.8. The van der Waals surface area contributed by atoms with E-state index in [1.165, 1.54) is 96.0 Å². The molecule has 11 nitrogen and oxygen atoms in total. The molecule has 0 saturated carbocycles. The predicted molar refractivity (Wildman–Crippen MR) is 208 cm³/mol. The van der Waals surface area contributed by atoms with Gasteiger partial charge in [0.25, 0.3) is 0 Å². The highest BCUT2D eigenvalue weighted by Gasteiger charge is 2.28. The molecule has 0 bridgehead atoms. The Hall–Kier alpha value is -2.30. The Morgan fingerprint density at radius 1 is 0.635 bits per heavy atom. The van der Waals surface area contributed by atoms with Gasteiger partial charge in [0.2, 0.25) is 0 Å². The van der Waals surface area contributed by atoms with Gasteiger partial charge in [-0.05, 0) is 44.9 Å². The first-order valence-electron chi connectivity index (χ1n) is 20.1. The molecule has 12 heteroatoms. The van der Waals surface area contributed by atoms with Crippen molar-refractivity contribution in [2.24, 2.45) is 5.73 Å². The lowest BCUT2D eigenvalue weighted by molar-refractivity contribution is -0.159. The molecule has 0 radical (unpaired) electrons. The van der Waals surface area contributed by atoms with Crippen molar-refractivity contribution >= 4 is 25.7 Å². The summed E-state index contributed by atoms with van der Waals surface area (Å²) in [5.41, 5.74) is 5.31. The number of phosphoric acid groups is 1. The van der Waals surface area contributed by atoms with Gasteiger partial charge in [0.1, 0.15) is 12.6 Å². The normalized spacial score (nSPS) is 14.2. The lowest BCUT2D eigenvalue weighted by atomic mass is 10.1. The fraction of sp³-hybridized carbons (Fsp3) is 0.775. The molecule has 0 aliphatic rings. The number of carbonyl (C=O) groups is 3. The monoisotopic (exact) mass is 757 g/mol. The third-order valence-electron chi connectivity index (χ3n) is 8.46. The molecular formula is C40H72NO10P. The average Bonchev–Trinajstić information content (AvgIpc) is 3.12. The lowest BCUT2D eigenvalue weighted by Gasteiger charge is -2.20. The molecule has 52 heavy (non-hydrogen) atoms. The van der Waals surface area contributed by atoms with Crippen molar-refractivity contribution in [1.29, 1.82) is 0 Å². The summed E-state index contributed by atoms with van der Waals surface area (Å²) in [7, 11) is -4.73. The van der Waals surface area contributed by atoms with Crippen LogP contribution in [0.4, 0.5) is 0 Å². The fourth-order valence-electron chi connectivity index (χ4n) is 5.27. The van der Waals surface area contributed by atoms with Crippen molar-refractivity contribution < 1.29 is 47.5 Å². The van der Waals surface area contributed by atoms with E-state index in [-0.39, 0.29) is 6.42 Å². The minimum atomic E-state index is -4.73. The van der Waals surface area contributed by atoms with Gasteiger partial charge < -0.3 is 25.2 Å². The maximum Gasteiger partial charge on any atom is 0.472 e. The van der Waals surface area contributed by atoms with E-state index in [0.717, 1.165) is 51.4 Å². The Morgan fingerprint density at radius 3 is 1.63 bits per heavy atom. The maximum absolute atomic E-state index is 12.5. The number of allylic oxidation sites excluding steroid dienone is 5. The molecule has 302 valence electrons. The maximum atomic E-state index is 12.5. The van der Waals surface area contributed by atoms with E-state index < -0.39 is 57.7 Å². The summed E-state index contributed by atoms with van der Waals surface area (Å²) < 4.78 is 32.4. The second-order valence-electron chi connectivity index (χ2n) is 13.5. The van der Waals surface area contributed by atoms with Crippen molar-refractivity contribution in [3.8, 4) is 0 Å². The van der Waals surface area contributed by atoms with Gasteiger partial charge in [0, 0.05) is 12.5 Å². The Labute approximate surface area is 314 Å². The average molecular weight is 758 g/mol. The minimum absolute atomic E-state index is 0.132. The third-order valence-corrected chi connectivity index (χ3v) is 9.41. The van der Waals surface area contributed by atoms with E-state index in [4.69, 9.17) is 24.8 Å². The molecule has 0 heterocycles. The molecule has 0 spiro atoms. The highest BCUT2D eigenvalue weighted by Crippen LogP contribution is 2.43. The van der Waals surface area contributed by atoms with Crippen LogP contribution in [-0.2, 0) is 37.5 Å². The number of carboxylic acids is 1. The number of hydrogen-bond acceptors (Lipinski definition) is 9. The SMILES string of the molecule is CCCCCC/C=C/CCCCCCCC(=O)O[C@H](COC(=O)/C=C/C=C/CCCCCCCCCCCCC)COP(=O)(O)OC[C@H](N)C(=O)O. The molecule has 0 aromatic heterocycles. The van der Waals surface area contributed by atoms with Crippen LogP contribution in [0, 0.1) is 0 Å². The fourth-order valence-corrected chi connectivity index (χ4v) is 6.04. The highest BCUT2D eigenvalue weighted by atomic mass is 31.2. The van der Waals surface area contributed by atoms with Gasteiger partial charge in [-0.2, -0.15) is 0 Å². The number of phosphoric ester groups is 1. The Bertz CT molecular complexity index is 1030. The van der Waals surface area contributed by atoms with Crippen molar-refractivity contribution in [3.05, 3.63) is 36.5 Å². The van der Waals surface area contributed by atoms with E-state index in [1.54, 1.807) is 12.2 Å². The van der Waals surface area contributed by atoms with Gasteiger partial charge >= 0.3 is 25.7 Å². The number of esters is 2. The van der Waals surface area contributed by atoms with Gasteiger partial charge in [-0.15, -0.1) is 0 Å². The summed E-state index contributed by atoms with van der Waals surface area (Å²) in [5, 5.41) is 8.86. The van der Waals surface area contributed by atoms with Crippen LogP contribution in [0.1, 0.15) is 168 Å². The van der Waals surface area contributed by atoms with Gasteiger partial charge in [0.05, 0.1) is 13.2 Å². The number of unbranched alkanes of at least 4 members (excludes halogenated alkanes) is 20. The summed E-state index contributed by atoms with van der Waals surface area (Å²) in [6.07, 6.45) is 37.0. The number of ether oxygens (including phenoxy) is 2. The largest absolute Gasteiger partial charge is 0.480 e. The molecule has 0 saturated heterocycles. The smallest absolute Gasteiger partial charge is 0.472 e. The first-order chi connectivity index (χ1) is 25.1. The Balaban J connectivity index is 4.53. The zero-order valence-electron chi connectivity index (χ0n) is 32.4. The summed E-state index contributed by atoms with van der Waals surface area (Å²) in [6.45, 7) is 2.64. The van der Waals surface area contributed by atoms with E-state index in [0.29, 0.717) is 6.42 Å². The van der Waals surface area contributed by atoms with Gasteiger partial charge in [0.15, 0.2) is 6.10 Å². The van der Waals surface area contributed by atoms with Crippen molar-refractivity contribution in [1.82, 2.24) is 0 Å². The molecule has 3 atom stereocenters. The molecule has 0 aromatic rings. The first-order valence-corrected chi connectivity index (χ1v) is 21.6. The number of hydrogen-bond donors (Lipinski definition) is 3. The van der Waals surface area contributed by atoms with Crippen LogP contribution >= 0.6 is 7.82 Å². The van der Waals surface area contributed by atoms with Crippen molar-refractivity contribution in [3.63, 3.8) is 0 Å². The number of rotatable bonds is 37. The number of aliphatic carboxylic acids is 1. The van der Waals surface area contributed by atoms with Crippen LogP contribution in [0.25, 0.3) is 0 Å². The van der Waals surface area contributed by atoms with Gasteiger partial charge in [-0.25, -0.2) is 9.36 Å². The van der Waals surface area contributed by atoms with Crippen molar-refractivity contribution in [2.45, 2.75) is 180 Å².